The van der Waals surface area contributed by atoms with Gasteiger partial charge in [-0.3, -0.25) is 4.79 Å². The molecule has 21 heavy (non-hydrogen) atoms. The van der Waals surface area contributed by atoms with E-state index in [9.17, 15) is 20.6 Å². The first-order valence-corrected chi connectivity index (χ1v) is 6.32. The average molecular weight is 277 g/mol. The van der Waals surface area contributed by atoms with E-state index in [1.807, 2.05) is 18.2 Å². The lowest BCUT2D eigenvalue weighted by atomic mass is 9.79. The lowest BCUT2D eigenvalue weighted by molar-refractivity contribution is -0.124. The van der Waals surface area contributed by atoms with Gasteiger partial charge in [-0.2, -0.15) is 15.8 Å². The summed E-state index contributed by atoms with van der Waals surface area (Å²) < 4.78 is 0. The van der Waals surface area contributed by atoms with Crippen molar-refractivity contribution in [2.24, 2.45) is 22.0 Å². The SMILES string of the molecule is C[C@@]12C(C#N)(C#N)[C@@]1(C#N)C(=O)N[C@@]2(N)c1ccccc1. The topological polar surface area (TPSA) is 126 Å². The Morgan fingerprint density at radius 3 is 2.10 bits per heavy atom. The summed E-state index contributed by atoms with van der Waals surface area (Å²) in [4.78, 5) is 12.4. The van der Waals surface area contributed by atoms with E-state index in [0.717, 1.165) is 0 Å². The Bertz CT molecular complexity index is 769. The highest BCUT2D eigenvalue weighted by molar-refractivity contribution is 5.99. The molecule has 0 unspecified atom stereocenters. The quantitative estimate of drug-likeness (QED) is 0.772. The van der Waals surface area contributed by atoms with Crippen molar-refractivity contribution < 1.29 is 4.79 Å². The number of carbonyl (C=O) groups excluding carboxylic acids is 1. The molecule has 2 aliphatic rings. The molecule has 1 aromatic carbocycles. The molecule has 1 aromatic rings. The molecule has 0 spiro atoms. The number of nitrogens with one attached hydrogen (secondary N) is 1. The Morgan fingerprint density at radius 1 is 1.10 bits per heavy atom. The predicted molar refractivity (Wildman–Crippen MR) is 70.3 cm³/mol. The molecule has 1 aliphatic heterocycles. The van der Waals surface area contributed by atoms with Crippen LogP contribution in [0.4, 0.5) is 0 Å². The number of nitrogens with zero attached hydrogens (tertiary/aromatic N) is 3. The number of hydrogen-bond donors (Lipinski definition) is 2. The van der Waals surface area contributed by atoms with Gasteiger partial charge in [-0.05, 0) is 5.56 Å². The van der Waals surface area contributed by atoms with Crippen LogP contribution in [-0.2, 0) is 10.5 Å². The first-order valence-electron chi connectivity index (χ1n) is 6.32. The van der Waals surface area contributed by atoms with Crippen LogP contribution in [0.3, 0.4) is 0 Å². The standard InChI is InChI=1S/C15H11N5O/c1-12-13(7-16,8-17)14(12,9-18)11(21)20-15(12,19)10-5-3-2-4-6-10/h2-6H,19H2,1H3,(H,20,21)/t12-,14+,15+/m1/s1. The summed E-state index contributed by atoms with van der Waals surface area (Å²) in [5, 5.41) is 31.1. The zero-order valence-corrected chi connectivity index (χ0v) is 11.2. The van der Waals surface area contributed by atoms with E-state index in [-0.39, 0.29) is 0 Å². The summed E-state index contributed by atoms with van der Waals surface area (Å²) >= 11 is 0. The van der Waals surface area contributed by atoms with Crippen molar-refractivity contribution in [1.82, 2.24) is 5.32 Å². The first-order chi connectivity index (χ1) is 9.91. The summed E-state index contributed by atoms with van der Waals surface area (Å²) in [7, 11) is 0. The van der Waals surface area contributed by atoms with Gasteiger partial charge in [0.2, 0.25) is 5.91 Å². The van der Waals surface area contributed by atoms with Crippen LogP contribution < -0.4 is 11.1 Å². The maximum atomic E-state index is 12.4. The molecule has 1 saturated carbocycles. The monoisotopic (exact) mass is 277 g/mol. The highest BCUT2D eigenvalue weighted by Gasteiger charge is 3.00. The van der Waals surface area contributed by atoms with Crippen molar-refractivity contribution >= 4 is 5.91 Å². The molecule has 3 rings (SSSR count). The second kappa shape index (κ2) is 3.41. The number of carbonyl (C=O) groups is 1. The number of benzene rings is 1. The van der Waals surface area contributed by atoms with Crippen LogP contribution in [0, 0.1) is 50.2 Å². The van der Waals surface area contributed by atoms with Gasteiger partial charge in [0.05, 0.1) is 23.6 Å². The lowest BCUT2D eigenvalue weighted by Gasteiger charge is -2.34. The molecule has 102 valence electrons. The zero-order valence-electron chi connectivity index (χ0n) is 11.2. The van der Waals surface area contributed by atoms with Gasteiger partial charge in [-0.1, -0.05) is 37.3 Å². The molecule has 0 radical (unpaired) electrons. The van der Waals surface area contributed by atoms with Crippen LogP contribution in [-0.4, -0.2) is 5.91 Å². The maximum absolute atomic E-state index is 12.4. The molecule has 0 bridgehead atoms. The minimum atomic E-state index is -1.75. The minimum Gasteiger partial charge on any atom is -0.332 e. The number of nitrogens with two attached hydrogens (primary N) is 1. The van der Waals surface area contributed by atoms with Crippen LogP contribution in [0.1, 0.15) is 12.5 Å². The van der Waals surface area contributed by atoms with E-state index < -0.39 is 27.8 Å². The molecule has 2 fully saturated rings. The van der Waals surface area contributed by atoms with Crippen LogP contribution in [0.15, 0.2) is 30.3 Å². The molecule has 0 aromatic heterocycles. The fraction of sp³-hybridized carbons (Fsp3) is 0.333. The zero-order chi connectivity index (χ0) is 15.5. The summed E-state index contributed by atoms with van der Waals surface area (Å²) in [6, 6.07) is 14.3. The Balaban J connectivity index is 2.32. The fourth-order valence-electron chi connectivity index (χ4n) is 3.83. The minimum absolute atomic E-state index is 0.561. The predicted octanol–water partition coefficient (Wildman–Crippen LogP) is 0.491. The number of rotatable bonds is 1. The van der Waals surface area contributed by atoms with Gasteiger partial charge in [0.25, 0.3) is 0 Å². The number of hydrogen-bond acceptors (Lipinski definition) is 5. The van der Waals surface area contributed by atoms with Gasteiger partial charge in [-0.15, -0.1) is 0 Å². The molecular weight excluding hydrogens is 266 g/mol. The van der Waals surface area contributed by atoms with Crippen molar-refractivity contribution in [2.45, 2.75) is 12.6 Å². The van der Waals surface area contributed by atoms with Crippen LogP contribution in [0.25, 0.3) is 0 Å². The molecule has 3 N–H and O–H groups in total. The van der Waals surface area contributed by atoms with Gasteiger partial charge in [0, 0.05) is 0 Å². The molecule has 6 nitrogen and oxygen atoms in total. The second-order valence-electron chi connectivity index (χ2n) is 5.59. The average Bonchev–Trinajstić information content (AvgIpc) is 2.96. The fourth-order valence-corrected chi connectivity index (χ4v) is 3.83. The number of amides is 1. The molecule has 1 amide bonds. The number of piperidine rings is 1. The van der Waals surface area contributed by atoms with Crippen LogP contribution in [0.5, 0.6) is 0 Å². The van der Waals surface area contributed by atoms with Crippen molar-refractivity contribution in [3.05, 3.63) is 35.9 Å². The van der Waals surface area contributed by atoms with E-state index in [4.69, 9.17) is 5.73 Å². The van der Waals surface area contributed by atoms with Crippen LogP contribution >= 0.6 is 0 Å². The molecule has 1 aliphatic carbocycles. The second-order valence-corrected chi connectivity index (χ2v) is 5.59. The van der Waals surface area contributed by atoms with Crippen molar-refractivity contribution in [3.8, 4) is 18.2 Å². The number of nitriles is 3. The third kappa shape index (κ3) is 0.923. The van der Waals surface area contributed by atoms with Crippen molar-refractivity contribution in [1.29, 1.82) is 15.8 Å². The van der Waals surface area contributed by atoms with Gasteiger partial charge >= 0.3 is 0 Å². The van der Waals surface area contributed by atoms with Gasteiger partial charge in [-0.25, -0.2) is 0 Å². The highest BCUT2D eigenvalue weighted by atomic mass is 16.2. The highest BCUT2D eigenvalue weighted by Crippen LogP contribution is 2.84. The van der Waals surface area contributed by atoms with Gasteiger partial charge in [0.1, 0.15) is 5.66 Å². The molecule has 6 heteroatoms. The Kier molecular flexibility index (Phi) is 2.13. The van der Waals surface area contributed by atoms with Gasteiger partial charge in [0.15, 0.2) is 10.8 Å². The largest absolute Gasteiger partial charge is 0.332 e. The molecule has 1 saturated heterocycles. The third-order valence-electron chi connectivity index (χ3n) is 5.17. The number of fused-ring (bicyclic) bond motifs is 1. The van der Waals surface area contributed by atoms with E-state index in [0.29, 0.717) is 5.56 Å². The summed E-state index contributed by atoms with van der Waals surface area (Å²) in [6.07, 6.45) is 0. The van der Waals surface area contributed by atoms with E-state index >= 15 is 0 Å². The van der Waals surface area contributed by atoms with Crippen molar-refractivity contribution in [3.63, 3.8) is 0 Å². The smallest absolute Gasteiger partial charge is 0.245 e. The maximum Gasteiger partial charge on any atom is 0.245 e. The molecular formula is C15H11N5O. The Labute approximate surface area is 121 Å². The molecule has 1 heterocycles. The third-order valence-corrected chi connectivity index (χ3v) is 5.17. The van der Waals surface area contributed by atoms with E-state index in [2.05, 4.69) is 5.32 Å². The van der Waals surface area contributed by atoms with Crippen LogP contribution in [0.2, 0.25) is 0 Å². The van der Waals surface area contributed by atoms with E-state index in [1.54, 1.807) is 37.3 Å². The van der Waals surface area contributed by atoms with Crippen molar-refractivity contribution in [2.75, 3.05) is 0 Å². The normalized spacial score (nSPS) is 38.3. The molecule has 3 atom stereocenters. The summed E-state index contributed by atoms with van der Waals surface area (Å²) in [6.45, 7) is 1.55. The van der Waals surface area contributed by atoms with Gasteiger partial charge < -0.3 is 11.1 Å². The Hall–Kier alpha value is -2.88. The lowest BCUT2D eigenvalue weighted by Crippen LogP contribution is -2.56. The Morgan fingerprint density at radius 2 is 1.67 bits per heavy atom. The summed E-state index contributed by atoms with van der Waals surface area (Å²) in [5.74, 6) is -0.665. The summed E-state index contributed by atoms with van der Waals surface area (Å²) in [5.41, 5.74) is 0.709. The first kappa shape index (κ1) is 13.1. The van der Waals surface area contributed by atoms with E-state index in [1.165, 1.54) is 0 Å².